The third-order valence-electron chi connectivity index (χ3n) is 5.02. The fraction of sp³-hybridized carbons (Fsp3) is 0.389. The molecule has 0 amide bonds. The van der Waals surface area contributed by atoms with Crippen LogP contribution in [0, 0.1) is 13.8 Å². The minimum absolute atomic E-state index is 0.221. The third-order valence-corrected chi connectivity index (χ3v) is 5.02. The van der Waals surface area contributed by atoms with Gasteiger partial charge in [-0.1, -0.05) is 12.1 Å². The maximum Gasteiger partial charge on any atom is 0.416 e. The van der Waals surface area contributed by atoms with E-state index >= 15 is 0 Å². The summed E-state index contributed by atoms with van der Waals surface area (Å²) < 4.78 is 41.6. The highest BCUT2D eigenvalue weighted by molar-refractivity contribution is 5.55. The summed E-state index contributed by atoms with van der Waals surface area (Å²) in [5.74, 6) is 1.86. The van der Waals surface area contributed by atoms with Gasteiger partial charge in [0.2, 0.25) is 0 Å². The minimum Gasteiger partial charge on any atom is -0.363 e. The summed E-state index contributed by atoms with van der Waals surface area (Å²) in [4.78, 5) is 4.55. The largest absolute Gasteiger partial charge is 0.416 e. The van der Waals surface area contributed by atoms with Crippen LogP contribution in [0.5, 0.6) is 0 Å². The van der Waals surface area contributed by atoms with E-state index in [0.717, 1.165) is 23.1 Å². The third kappa shape index (κ3) is 2.91. The number of benzene rings is 1. The van der Waals surface area contributed by atoms with Crippen LogP contribution in [0.25, 0.3) is 5.78 Å². The molecule has 3 aromatic rings. The van der Waals surface area contributed by atoms with Crippen LogP contribution >= 0.6 is 0 Å². The standard InChI is InChI=1S/C18H19F3N6/c1-9-12(5-4-6-14(9)18(19,20)21)10(2)23-16-13-7-22-8-15(13)27-11(3)25-26-17(27)24-16/h4-6,10,22H,7-8H2,1-3H3,(H,23,24,26). The van der Waals surface area contributed by atoms with Crippen molar-refractivity contribution in [3.8, 4) is 0 Å². The number of nitrogens with one attached hydrogen (secondary N) is 2. The summed E-state index contributed by atoms with van der Waals surface area (Å²) in [5.41, 5.74) is 2.21. The number of aromatic nitrogens is 4. The lowest BCUT2D eigenvalue weighted by atomic mass is 9.97. The first-order valence-corrected chi connectivity index (χ1v) is 8.65. The van der Waals surface area contributed by atoms with E-state index in [1.165, 1.54) is 13.0 Å². The van der Waals surface area contributed by atoms with Crippen LogP contribution in [0.4, 0.5) is 19.0 Å². The molecule has 1 atom stereocenters. The second-order valence-electron chi connectivity index (χ2n) is 6.76. The smallest absolute Gasteiger partial charge is 0.363 e. The number of aryl methyl sites for hydroxylation is 1. The van der Waals surface area contributed by atoms with Gasteiger partial charge in [0.1, 0.15) is 11.6 Å². The number of hydrogen-bond acceptors (Lipinski definition) is 5. The number of nitrogens with zero attached hydrogens (tertiary/aromatic N) is 4. The summed E-state index contributed by atoms with van der Waals surface area (Å²) in [6.45, 7) is 6.49. The van der Waals surface area contributed by atoms with Gasteiger partial charge < -0.3 is 10.6 Å². The van der Waals surface area contributed by atoms with E-state index in [-0.39, 0.29) is 11.6 Å². The molecule has 0 aliphatic carbocycles. The highest BCUT2D eigenvalue weighted by atomic mass is 19.4. The quantitative estimate of drug-likeness (QED) is 0.732. The van der Waals surface area contributed by atoms with Crippen LogP contribution in [0.2, 0.25) is 0 Å². The van der Waals surface area contributed by atoms with Gasteiger partial charge in [0, 0.05) is 24.3 Å². The van der Waals surface area contributed by atoms with E-state index < -0.39 is 11.7 Å². The zero-order chi connectivity index (χ0) is 19.3. The Balaban J connectivity index is 1.74. The van der Waals surface area contributed by atoms with Crippen LogP contribution < -0.4 is 10.6 Å². The fourth-order valence-corrected chi connectivity index (χ4v) is 3.69. The first-order chi connectivity index (χ1) is 12.8. The van der Waals surface area contributed by atoms with Crippen LogP contribution in [-0.4, -0.2) is 19.6 Å². The van der Waals surface area contributed by atoms with Crippen LogP contribution in [0.3, 0.4) is 0 Å². The predicted molar refractivity (Wildman–Crippen MR) is 94.3 cm³/mol. The number of rotatable bonds is 3. The second kappa shape index (κ2) is 6.19. The first kappa shape index (κ1) is 17.7. The maximum atomic E-state index is 13.2. The summed E-state index contributed by atoms with van der Waals surface area (Å²) in [6, 6.07) is 3.90. The molecule has 1 aromatic carbocycles. The molecule has 142 valence electrons. The molecule has 0 saturated carbocycles. The first-order valence-electron chi connectivity index (χ1n) is 8.65. The van der Waals surface area contributed by atoms with E-state index in [4.69, 9.17) is 0 Å². The molecule has 1 unspecified atom stereocenters. The van der Waals surface area contributed by atoms with E-state index in [2.05, 4.69) is 25.8 Å². The number of alkyl halides is 3. The molecule has 0 radical (unpaired) electrons. The molecule has 1 aliphatic heterocycles. The minimum atomic E-state index is -4.37. The monoisotopic (exact) mass is 376 g/mol. The normalized spacial score (nSPS) is 15.2. The molecule has 9 heteroatoms. The fourth-order valence-electron chi connectivity index (χ4n) is 3.69. The Hall–Kier alpha value is -2.68. The molecule has 0 fully saturated rings. The lowest BCUT2D eigenvalue weighted by molar-refractivity contribution is -0.138. The molecule has 0 bridgehead atoms. The lowest BCUT2D eigenvalue weighted by Gasteiger charge is -2.21. The molecule has 27 heavy (non-hydrogen) atoms. The zero-order valence-electron chi connectivity index (χ0n) is 15.1. The van der Waals surface area contributed by atoms with Crippen molar-refractivity contribution in [2.24, 2.45) is 0 Å². The highest BCUT2D eigenvalue weighted by Gasteiger charge is 2.33. The second-order valence-corrected chi connectivity index (χ2v) is 6.76. The Bertz CT molecular complexity index is 1020. The molecule has 0 spiro atoms. The molecule has 4 rings (SSSR count). The van der Waals surface area contributed by atoms with E-state index in [1.54, 1.807) is 6.07 Å². The summed E-state index contributed by atoms with van der Waals surface area (Å²) in [7, 11) is 0. The van der Waals surface area contributed by atoms with Gasteiger partial charge in [-0.05, 0) is 38.0 Å². The van der Waals surface area contributed by atoms with E-state index in [0.29, 0.717) is 30.2 Å². The van der Waals surface area contributed by atoms with Gasteiger partial charge in [0.05, 0.1) is 11.6 Å². The van der Waals surface area contributed by atoms with Crippen LogP contribution in [-0.2, 0) is 19.3 Å². The van der Waals surface area contributed by atoms with Crippen molar-refractivity contribution in [1.29, 1.82) is 0 Å². The zero-order valence-corrected chi connectivity index (χ0v) is 15.1. The van der Waals surface area contributed by atoms with Crippen molar-refractivity contribution >= 4 is 11.6 Å². The Morgan fingerprint density at radius 2 is 1.96 bits per heavy atom. The van der Waals surface area contributed by atoms with Gasteiger partial charge in [0.25, 0.3) is 5.78 Å². The average Bonchev–Trinajstić information content (AvgIpc) is 3.21. The Kier molecular flexibility index (Phi) is 4.06. The van der Waals surface area contributed by atoms with Crippen molar-refractivity contribution in [2.45, 2.75) is 46.1 Å². The topological polar surface area (TPSA) is 67.1 Å². The van der Waals surface area contributed by atoms with Gasteiger partial charge in [-0.3, -0.25) is 4.40 Å². The van der Waals surface area contributed by atoms with Gasteiger partial charge in [0.15, 0.2) is 0 Å². The van der Waals surface area contributed by atoms with Gasteiger partial charge >= 0.3 is 6.18 Å². The molecular formula is C18H19F3N6. The van der Waals surface area contributed by atoms with E-state index in [9.17, 15) is 13.2 Å². The van der Waals surface area contributed by atoms with Crippen LogP contribution in [0.1, 0.15) is 46.7 Å². The molecule has 2 aromatic heterocycles. The van der Waals surface area contributed by atoms with Crippen molar-refractivity contribution in [3.63, 3.8) is 0 Å². The number of anilines is 1. The molecular weight excluding hydrogens is 357 g/mol. The van der Waals surface area contributed by atoms with Crippen molar-refractivity contribution < 1.29 is 13.2 Å². The molecule has 0 saturated heterocycles. The van der Waals surface area contributed by atoms with Gasteiger partial charge in [-0.15, -0.1) is 10.2 Å². The van der Waals surface area contributed by atoms with Crippen molar-refractivity contribution in [3.05, 3.63) is 52.0 Å². The van der Waals surface area contributed by atoms with Crippen LogP contribution in [0.15, 0.2) is 18.2 Å². The number of halogens is 3. The van der Waals surface area contributed by atoms with E-state index in [1.807, 2.05) is 18.2 Å². The SMILES string of the molecule is Cc1c(C(C)Nc2nc3nnc(C)n3c3c2CNC3)cccc1C(F)(F)F. The number of hydrogen-bond donors (Lipinski definition) is 2. The summed E-state index contributed by atoms with van der Waals surface area (Å²) in [6.07, 6.45) is -4.37. The molecule has 1 aliphatic rings. The molecule has 2 N–H and O–H groups in total. The Morgan fingerprint density at radius 3 is 2.70 bits per heavy atom. The lowest BCUT2D eigenvalue weighted by Crippen LogP contribution is -2.16. The van der Waals surface area contributed by atoms with Gasteiger partial charge in [-0.25, -0.2) is 0 Å². The predicted octanol–water partition coefficient (Wildman–Crippen LogP) is 3.54. The summed E-state index contributed by atoms with van der Waals surface area (Å²) >= 11 is 0. The highest BCUT2D eigenvalue weighted by Crippen LogP contribution is 2.35. The molecule has 3 heterocycles. The molecule has 6 nitrogen and oxygen atoms in total. The van der Waals surface area contributed by atoms with Gasteiger partial charge in [-0.2, -0.15) is 18.2 Å². The maximum absolute atomic E-state index is 13.2. The number of fused-ring (bicyclic) bond motifs is 3. The Labute approximate surface area is 153 Å². The summed E-state index contributed by atoms with van der Waals surface area (Å²) in [5, 5.41) is 14.7. The van der Waals surface area contributed by atoms with Crippen molar-refractivity contribution in [1.82, 2.24) is 24.9 Å². The Morgan fingerprint density at radius 1 is 1.19 bits per heavy atom. The van der Waals surface area contributed by atoms with Crippen molar-refractivity contribution in [2.75, 3.05) is 5.32 Å². The average molecular weight is 376 g/mol.